The van der Waals surface area contributed by atoms with Crippen LogP contribution in [-0.2, 0) is 10.0 Å². The Kier molecular flexibility index (Phi) is 4.55. The fraction of sp³-hybridized carbons (Fsp3) is 1.00. The quantitative estimate of drug-likeness (QED) is 0.721. The summed E-state index contributed by atoms with van der Waals surface area (Å²) in [5, 5.41) is 0. The minimum Gasteiger partial charge on any atom is -0.298 e. The van der Waals surface area contributed by atoms with Crippen LogP contribution in [0.3, 0.4) is 0 Å². The van der Waals surface area contributed by atoms with E-state index in [2.05, 4.69) is 18.7 Å². The third kappa shape index (κ3) is 3.16. The first-order chi connectivity index (χ1) is 7.01. The maximum absolute atomic E-state index is 11.6. The fourth-order valence-electron chi connectivity index (χ4n) is 1.86. The summed E-state index contributed by atoms with van der Waals surface area (Å²) in [5.74, 6) is 0.219. The molecule has 0 unspecified atom stereocenters. The van der Waals surface area contributed by atoms with E-state index in [0.717, 1.165) is 19.5 Å². The Bertz CT molecular complexity index is 282. The van der Waals surface area contributed by atoms with E-state index in [1.54, 1.807) is 11.2 Å². The van der Waals surface area contributed by atoms with Crippen LogP contribution in [-0.4, -0.2) is 55.6 Å². The van der Waals surface area contributed by atoms with Gasteiger partial charge >= 0.3 is 0 Å². The molecule has 15 heavy (non-hydrogen) atoms. The second-order valence-electron chi connectivity index (χ2n) is 4.09. The minimum absolute atomic E-state index is 0.219. The van der Waals surface area contributed by atoms with Crippen molar-refractivity contribution in [2.45, 2.75) is 33.2 Å². The monoisotopic (exact) mass is 234 g/mol. The van der Waals surface area contributed by atoms with Crippen LogP contribution in [0.15, 0.2) is 0 Å². The van der Waals surface area contributed by atoms with Gasteiger partial charge in [-0.05, 0) is 20.3 Å². The lowest BCUT2D eigenvalue weighted by Crippen LogP contribution is -2.51. The molecular weight excluding hydrogens is 212 g/mol. The first-order valence-corrected chi connectivity index (χ1v) is 7.34. The van der Waals surface area contributed by atoms with Crippen molar-refractivity contribution >= 4 is 10.0 Å². The Balaban J connectivity index is 2.49. The maximum Gasteiger partial charge on any atom is 0.213 e. The zero-order valence-corrected chi connectivity index (χ0v) is 10.8. The molecule has 0 aromatic rings. The summed E-state index contributed by atoms with van der Waals surface area (Å²) in [4.78, 5) is 2.36. The van der Waals surface area contributed by atoms with Crippen molar-refractivity contribution in [3.63, 3.8) is 0 Å². The van der Waals surface area contributed by atoms with Crippen molar-refractivity contribution in [3.05, 3.63) is 0 Å². The van der Waals surface area contributed by atoms with Gasteiger partial charge in [-0.2, -0.15) is 4.31 Å². The molecule has 0 spiro atoms. The first kappa shape index (κ1) is 12.9. The Labute approximate surface area is 93.3 Å². The minimum atomic E-state index is -2.97. The van der Waals surface area contributed by atoms with E-state index in [0.29, 0.717) is 19.1 Å². The van der Waals surface area contributed by atoms with E-state index in [4.69, 9.17) is 0 Å². The predicted molar refractivity (Wildman–Crippen MR) is 62.4 cm³/mol. The number of piperazine rings is 1. The van der Waals surface area contributed by atoms with E-state index >= 15 is 0 Å². The summed E-state index contributed by atoms with van der Waals surface area (Å²) < 4.78 is 24.8. The summed E-state index contributed by atoms with van der Waals surface area (Å²) in [7, 11) is -2.97. The average molecular weight is 234 g/mol. The fourth-order valence-corrected chi connectivity index (χ4v) is 2.95. The lowest BCUT2D eigenvalue weighted by atomic mass is 10.2. The lowest BCUT2D eigenvalue weighted by Gasteiger charge is -2.37. The predicted octanol–water partition coefficient (Wildman–Crippen LogP) is 0.752. The van der Waals surface area contributed by atoms with Crippen molar-refractivity contribution in [1.29, 1.82) is 0 Å². The SMILES string of the molecule is CC[C@@H](C)N1CCN(S(=O)(=O)CC)CC1. The second kappa shape index (κ2) is 5.27. The summed E-state index contributed by atoms with van der Waals surface area (Å²) >= 11 is 0. The molecule has 0 aromatic carbocycles. The molecule has 4 nitrogen and oxygen atoms in total. The molecule has 1 fully saturated rings. The maximum atomic E-state index is 11.6. The third-order valence-corrected chi connectivity index (χ3v) is 5.13. The molecule has 0 aromatic heterocycles. The Morgan fingerprint density at radius 2 is 1.67 bits per heavy atom. The van der Waals surface area contributed by atoms with E-state index in [-0.39, 0.29) is 5.75 Å². The van der Waals surface area contributed by atoms with Gasteiger partial charge < -0.3 is 0 Å². The van der Waals surface area contributed by atoms with Gasteiger partial charge in [0.25, 0.3) is 0 Å². The zero-order chi connectivity index (χ0) is 11.5. The van der Waals surface area contributed by atoms with Crippen molar-refractivity contribution < 1.29 is 8.42 Å². The number of nitrogens with zero attached hydrogens (tertiary/aromatic N) is 2. The van der Waals surface area contributed by atoms with Gasteiger partial charge in [-0.3, -0.25) is 4.90 Å². The van der Waals surface area contributed by atoms with Crippen LogP contribution < -0.4 is 0 Å². The zero-order valence-electron chi connectivity index (χ0n) is 9.94. The van der Waals surface area contributed by atoms with Crippen molar-refractivity contribution in [2.75, 3.05) is 31.9 Å². The number of rotatable bonds is 4. The summed E-state index contributed by atoms with van der Waals surface area (Å²) in [5.41, 5.74) is 0. The van der Waals surface area contributed by atoms with Crippen LogP contribution in [0.25, 0.3) is 0 Å². The summed E-state index contributed by atoms with van der Waals surface area (Å²) in [6, 6.07) is 0.566. The van der Waals surface area contributed by atoms with Gasteiger partial charge in [-0.25, -0.2) is 8.42 Å². The summed E-state index contributed by atoms with van der Waals surface area (Å²) in [6.45, 7) is 9.11. The normalized spacial score (nSPS) is 22.9. The van der Waals surface area contributed by atoms with E-state index in [1.807, 2.05) is 0 Å². The molecule has 0 aliphatic carbocycles. The standard InChI is InChI=1S/C10H22N2O2S/c1-4-10(3)11-6-8-12(9-7-11)15(13,14)5-2/h10H,4-9H2,1-3H3/t10-/m1/s1. The number of hydrogen-bond acceptors (Lipinski definition) is 3. The van der Waals surface area contributed by atoms with Gasteiger partial charge in [0.15, 0.2) is 0 Å². The molecule has 1 aliphatic rings. The Hall–Kier alpha value is -0.130. The highest BCUT2D eigenvalue weighted by molar-refractivity contribution is 7.89. The van der Waals surface area contributed by atoms with Gasteiger partial charge in [0.2, 0.25) is 10.0 Å². The Morgan fingerprint density at radius 1 is 1.13 bits per heavy atom. The highest BCUT2D eigenvalue weighted by Crippen LogP contribution is 2.11. The molecular formula is C10H22N2O2S. The lowest BCUT2D eigenvalue weighted by molar-refractivity contribution is 0.143. The molecule has 0 amide bonds. The number of hydrogen-bond donors (Lipinski definition) is 0. The van der Waals surface area contributed by atoms with Crippen LogP contribution in [0.1, 0.15) is 27.2 Å². The average Bonchev–Trinajstić information content (AvgIpc) is 2.28. The van der Waals surface area contributed by atoms with Gasteiger partial charge in [0, 0.05) is 32.2 Å². The molecule has 0 bridgehead atoms. The van der Waals surface area contributed by atoms with Crippen molar-refractivity contribution in [3.8, 4) is 0 Å². The molecule has 1 aliphatic heterocycles. The molecule has 1 saturated heterocycles. The first-order valence-electron chi connectivity index (χ1n) is 5.73. The van der Waals surface area contributed by atoms with Crippen LogP contribution in [0.5, 0.6) is 0 Å². The molecule has 1 atom stereocenters. The highest BCUT2D eigenvalue weighted by Gasteiger charge is 2.26. The molecule has 1 rings (SSSR count). The van der Waals surface area contributed by atoms with Crippen molar-refractivity contribution in [1.82, 2.24) is 9.21 Å². The molecule has 0 saturated carbocycles. The highest BCUT2D eigenvalue weighted by atomic mass is 32.2. The van der Waals surface area contributed by atoms with E-state index in [1.165, 1.54) is 0 Å². The molecule has 5 heteroatoms. The largest absolute Gasteiger partial charge is 0.298 e. The van der Waals surface area contributed by atoms with Gasteiger partial charge in [0.1, 0.15) is 0 Å². The van der Waals surface area contributed by atoms with Crippen LogP contribution in [0.2, 0.25) is 0 Å². The second-order valence-corrected chi connectivity index (χ2v) is 6.35. The molecule has 1 heterocycles. The van der Waals surface area contributed by atoms with Crippen LogP contribution in [0, 0.1) is 0 Å². The van der Waals surface area contributed by atoms with Gasteiger partial charge in [-0.1, -0.05) is 6.92 Å². The smallest absolute Gasteiger partial charge is 0.213 e. The molecule has 90 valence electrons. The Morgan fingerprint density at radius 3 is 2.07 bits per heavy atom. The van der Waals surface area contributed by atoms with Gasteiger partial charge in [0.05, 0.1) is 5.75 Å². The van der Waals surface area contributed by atoms with E-state index in [9.17, 15) is 8.42 Å². The third-order valence-electron chi connectivity index (χ3n) is 3.25. The van der Waals surface area contributed by atoms with Crippen molar-refractivity contribution in [2.24, 2.45) is 0 Å². The van der Waals surface area contributed by atoms with Gasteiger partial charge in [-0.15, -0.1) is 0 Å². The topological polar surface area (TPSA) is 40.6 Å². The summed E-state index contributed by atoms with van der Waals surface area (Å²) in [6.07, 6.45) is 1.13. The van der Waals surface area contributed by atoms with E-state index < -0.39 is 10.0 Å². The molecule has 0 radical (unpaired) electrons. The van der Waals surface area contributed by atoms with Crippen LogP contribution >= 0.6 is 0 Å². The number of sulfonamides is 1. The van der Waals surface area contributed by atoms with Crippen LogP contribution in [0.4, 0.5) is 0 Å². The molecule has 0 N–H and O–H groups in total.